The molecule has 0 saturated heterocycles. The van der Waals surface area contributed by atoms with E-state index in [9.17, 15) is 15.0 Å². The molecule has 1 heterocycles. The van der Waals surface area contributed by atoms with Crippen molar-refractivity contribution in [1.29, 1.82) is 0 Å². The van der Waals surface area contributed by atoms with Gasteiger partial charge in [-0.2, -0.15) is 0 Å². The van der Waals surface area contributed by atoms with E-state index in [1.54, 1.807) is 0 Å². The van der Waals surface area contributed by atoms with Crippen LogP contribution in [-0.2, 0) is 13.0 Å². The first-order valence-corrected chi connectivity index (χ1v) is 18.4. The molecule has 4 heteroatoms. The van der Waals surface area contributed by atoms with Gasteiger partial charge >= 0.3 is 0 Å². The summed E-state index contributed by atoms with van der Waals surface area (Å²) in [5, 5.41) is 23.9. The molecule has 3 aromatic carbocycles. The number of ketones is 1. The minimum atomic E-state index is -0.821. The molecule has 7 aliphatic rings. The van der Waals surface area contributed by atoms with Crippen LogP contribution < -0.4 is 0 Å². The number of fused-ring (bicyclic) bond motifs is 2. The maximum atomic E-state index is 15.0. The smallest absolute Gasteiger partial charge is 0.189 e. The van der Waals surface area contributed by atoms with Crippen LogP contribution in [-0.4, -0.2) is 45.7 Å². The highest BCUT2D eigenvalue weighted by Crippen LogP contribution is 2.78. The second-order valence-corrected chi connectivity index (χ2v) is 16.8. The Morgan fingerprint density at radius 1 is 0.792 bits per heavy atom. The number of allylic oxidation sites excluding steroid dienone is 4. The highest BCUT2D eigenvalue weighted by Gasteiger charge is 2.74. The van der Waals surface area contributed by atoms with Crippen LogP contribution in [0.2, 0.25) is 0 Å². The van der Waals surface area contributed by atoms with Gasteiger partial charge in [-0.05, 0) is 90.9 Å². The van der Waals surface area contributed by atoms with Crippen LogP contribution in [0.4, 0.5) is 0 Å². The lowest BCUT2D eigenvalue weighted by molar-refractivity contribution is -0.176. The van der Waals surface area contributed by atoms with E-state index in [1.165, 1.54) is 11.1 Å². The van der Waals surface area contributed by atoms with Crippen LogP contribution in [0.1, 0.15) is 80.3 Å². The Morgan fingerprint density at radius 3 is 2.25 bits per heavy atom. The van der Waals surface area contributed by atoms with E-state index in [0.717, 1.165) is 80.3 Å². The predicted octanol–water partition coefficient (Wildman–Crippen LogP) is 8.19. The Morgan fingerprint density at radius 2 is 1.46 bits per heavy atom. The van der Waals surface area contributed by atoms with Gasteiger partial charge in [-0.1, -0.05) is 111 Å². The van der Waals surface area contributed by atoms with Crippen LogP contribution >= 0.6 is 0 Å². The first-order chi connectivity index (χ1) is 23.1. The average molecular weight is 640 g/mol. The Hall–Kier alpha value is -3.31. The third kappa shape index (κ3) is 4.09. The fraction of sp³-hybridized carbons (Fsp3) is 0.477. The largest absolute Gasteiger partial charge is 0.393 e. The molecule has 6 aliphatic carbocycles. The quantitative estimate of drug-likeness (QED) is 0.218. The Balaban J connectivity index is 1.11. The Kier molecular flexibility index (Phi) is 6.78. The van der Waals surface area contributed by atoms with Gasteiger partial charge in [0.15, 0.2) is 5.78 Å². The molecule has 4 nitrogen and oxygen atoms in total. The fourth-order valence-corrected chi connectivity index (χ4v) is 12.3. The van der Waals surface area contributed by atoms with Gasteiger partial charge in [-0.3, -0.25) is 9.69 Å². The molecule has 248 valence electrons. The summed E-state index contributed by atoms with van der Waals surface area (Å²) in [6.07, 6.45) is 14.0. The number of benzene rings is 3. The molecule has 2 spiro atoms. The first kappa shape index (κ1) is 30.7. The standard InChI is InChI=1S/C44H49NO3/c1-40-20-16-35(46)26-42(40)23-24-44(36(27-42)39(47)33-14-12-32(13-15-33)30-8-4-3-5-9-30)37(40)17-21-41(2)38(44)18-22-43(41,48)29-45-25-19-31-10-6-7-11-34(31)28-45/h3-15,23-24,27,35,37-38,46,48H,16-22,25-26,28-29H2,1-2H3. The van der Waals surface area contributed by atoms with E-state index in [2.05, 4.69) is 85.5 Å². The number of hydrogen-bond acceptors (Lipinski definition) is 4. The minimum Gasteiger partial charge on any atom is -0.393 e. The number of Topliss-reactive ketones (excluding diaryl/α,β-unsaturated/α-hetero) is 1. The molecule has 3 fully saturated rings. The molecule has 8 atom stereocenters. The summed E-state index contributed by atoms with van der Waals surface area (Å²) >= 11 is 0. The van der Waals surface area contributed by atoms with Crippen molar-refractivity contribution in [3.63, 3.8) is 0 Å². The molecule has 3 saturated carbocycles. The summed E-state index contributed by atoms with van der Waals surface area (Å²) in [6, 6.07) is 27.3. The normalized spacial score (nSPS) is 39.6. The monoisotopic (exact) mass is 639 g/mol. The molecular formula is C44H49NO3. The third-order valence-electron chi connectivity index (χ3n) is 14.9. The highest BCUT2D eigenvalue weighted by atomic mass is 16.3. The van der Waals surface area contributed by atoms with E-state index in [4.69, 9.17) is 0 Å². The van der Waals surface area contributed by atoms with E-state index < -0.39 is 11.0 Å². The van der Waals surface area contributed by atoms with Crippen molar-refractivity contribution in [2.24, 2.45) is 33.5 Å². The van der Waals surface area contributed by atoms with Gasteiger partial charge in [-0.15, -0.1) is 0 Å². The number of nitrogens with zero attached hydrogens (tertiary/aromatic N) is 1. The maximum Gasteiger partial charge on any atom is 0.189 e. The van der Waals surface area contributed by atoms with Crippen molar-refractivity contribution in [1.82, 2.24) is 4.90 Å². The number of carbonyl (C=O) groups excluding carboxylic acids is 1. The number of rotatable bonds is 5. The molecule has 3 aromatic rings. The lowest BCUT2D eigenvalue weighted by Crippen LogP contribution is -2.67. The molecule has 0 aromatic heterocycles. The molecule has 48 heavy (non-hydrogen) atoms. The van der Waals surface area contributed by atoms with Crippen molar-refractivity contribution in [3.05, 3.63) is 119 Å². The summed E-state index contributed by atoms with van der Waals surface area (Å²) < 4.78 is 0. The van der Waals surface area contributed by atoms with E-state index in [-0.39, 0.29) is 34.1 Å². The number of aliphatic hydroxyl groups excluding tert-OH is 1. The van der Waals surface area contributed by atoms with Gasteiger partial charge in [0.05, 0.1) is 11.7 Å². The molecule has 1 aliphatic heterocycles. The fourth-order valence-electron chi connectivity index (χ4n) is 12.3. The Labute approximate surface area is 285 Å². The Bertz CT molecular complexity index is 1830. The maximum absolute atomic E-state index is 15.0. The van der Waals surface area contributed by atoms with E-state index in [1.807, 2.05) is 30.3 Å². The molecule has 8 unspecified atom stereocenters. The lowest BCUT2D eigenvalue weighted by atomic mass is 9.32. The summed E-state index contributed by atoms with van der Waals surface area (Å²) in [4.78, 5) is 17.5. The van der Waals surface area contributed by atoms with Gasteiger partial charge in [-0.25, -0.2) is 0 Å². The van der Waals surface area contributed by atoms with Gasteiger partial charge in [0.25, 0.3) is 0 Å². The van der Waals surface area contributed by atoms with Crippen molar-refractivity contribution in [2.45, 2.75) is 83.5 Å². The van der Waals surface area contributed by atoms with Crippen LogP contribution in [0.15, 0.2) is 103 Å². The lowest BCUT2D eigenvalue weighted by Gasteiger charge is -2.71. The van der Waals surface area contributed by atoms with Crippen molar-refractivity contribution in [3.8, 4) is 11.1 Å². The van der Waals surface area contributed by atoms with Gasteiger partial charge < -0.3 is 10.2 Å². The van der Waals surface area contributed by atoms with E-state index in [0.29, 0.717) is 18.9 Å². The summed E-state index contributed by atoms with van der Waals surface area (Å²) in [7, 11) is 0. The number of hydrogen-bond donors (Lipinski definition) is 2. The summed E-state index contributed by atoms with van der Waals surface area (Å²) in [5.41, 5.74) is 4.82. The zero-order valence-corrected chi connectivity index (χ0v) is 28.5. The average Bonchev–Trinajstić information content (AvgIpc) is 3.38. The van der Waals surface area contributed by atoms with Crippen molar-refractivity contribution < 1.29 is 15.0 Å². The van der Waals surface area contributed by atoms with Crippen molar-refractivity contribution >= 4 is 5.78 Å². The molecule has 2 N–H and O–H groups in total. The zero-order valence-electron chi connectivity index (χ0n) is 28.5. The zero-order chi connectivity index (χ0) is 32.9. The third-order valence-corrected chi connectivity index (χ3v) is 14.9. The molecule has 0 radical (unpaired) electrons. The van der Waals surface area contributed by atoms with Crippen LogP contribution in [0.3, 0.4) is 0 Å². The van der Waals surface area contributed by atoms with Gasteiger partial charge in [0, 0.05) is 47.0 Å². The van der Waals surface area contributed by atoms with Crippen LogP contribution in [0.5, 0.6) is 0 Å². The topological polar surface area (TPSA) is 60.8 Å². The number of aliphatic hydroxyl groups is 2. The second-order valence-electron chi connectivity index (χ2n) is 16.8. The molecule has 0 amide bonds. The summed E-state index contributed by atoms with van der Waals surface area (Å²) in [5.74, 6) is 0.595. The van der Waals surface area contributed by atoms with Crippen LogP contribution in [0.25, 0.3) is 11.1 Å². The van der Waals surface area contributed by atoms with Gasteiger partial charge in [0.2, 0.25) is 0 Å². The second kappa shape index (κ2) is 10.6. The first-order valence-electron chi connectivity index (χ1n) is 18.4. The number of carbonyl (C=O) groups is 1. The molecule has 10 rings (SSSR count). The number of β-amino-alcohol motifs (C(OH)–C–C–N with tert-alkyl or cyclic N) is 1. The summed E-state index contributed by atoms with van der Waals surface area (Å²) in [6.45, 7) is 7.36. The minimum absolute atomic E-state index is 0.0272. The highest BCUT2D eigenvalue weighted by molar-refractivity contribution is 6.10. The van der Waals surface area contributed by atoms with E-state index >= 15 is 0 Å². The van der Waals surface area contributed by atoms with Crippen molar-refractivity contribution in [2.75, 3.05) is 13.1 Å². The molecular weight excluding hydrogens is 590 g/mol. The van der Waals surface area contributed by atoms with Crippen LogP contribution in [0, 0.1) is 33.5 Å². The predicted molar refractivity (Wildman–Crippen MR) is 190 cm³/mol. The molecule has 2 bridgehead atoms. The SMILES string of the molecule is CC12CCC(O)CC13C=CC1(C(C(=O)c4ccc(-c5ccccc5)cc4)=C3)C2CCC2(C)C1CCC2(O)CN1CCc2ccccc2C1. The van der Waals surface area contributed by atoms with Gasteiger partial charge in [0.1, 0.15) is 0 Å².